The predicted molar refractivity (Wildman–Crippen MR) is 74.7 cm³/mol. The third kappa shape index (κ3) is 2.04. The molecule has 0 fully saturated rings. The van der Waals surface area contributed by atoms with Gasteiger partial charge in [-0.1, -0.05) is 29.8 Å². The van der Waals surface area contributed by atoms with E-state index in [1.807, 2.05) is 22.7 Å². The van der Waals surface area contributed by atoms with E-state index in [4.69, 9.17) is 0 Å². The first-order valence-electron chi connectivity index (χ1n) is 5.78. The molecule has 0 radical (unpaired) electrons. The van der Waals surface area contributed by atoms with Crippen LogP contribution in [0.2, 0.25) is 0 Å². The Morgan fingerprint density at radius 3 is 2.89 bits per heavy atom. The molecule has 0 unspecified atom stereocenters. The Morgan fingerprint density at radius 1 is 1.17 bits per heavy atom. The minimum Gasteiger partial charge on any atom is -0.285 e. The zero-order valence-electron chi connectivity index (χ0n) is 9.97. The lowest BCUT2D eigenvalue weighted by Crippen LogP contribution is -1.96. The topological polar surface area (TPSA) is 30.2 Å². The van der Waals surface area contributed by atoms with Gasteiger partial charge in [-0.05, 0) is 40.5 Å². The highest BCUT2D eigenvalue weighted by atomic mass is 79.9. The van der Waals surface area contributed by atoms with Crippen LogP contribution in [0.3, 0.4) is 0 Å². The molecule has 2 heterocycles. The van der Waals surface area contributed by atoms with Crippen molar-refractivity contribution in [3.63, 3.8) is 0 Å². The molecule has 1 aromatic carbocycles. The first-order valence-corrected chi connectivity index (χ1v) is 6.57. The normalized spacial score (nSPS) is 11.0. The summed E-state index contributed by atoms with van der Waals surface area (Å²) in [6, 6.07) is 12.4. The second-order valence-corrected chi connectivity index (χ2v) is 5.19. The fraction of sp³-hybridized carbons (Fsp3) is 0.143. The third-order valence-corrected chi connectivity index (χ3v) is 3.52. The molecule has 0 aliphatic heterocycles. The number of hydrogen-bond donors (Lipinski definition) is 0. The van der Waals surface area contributed by atoms with Crippen LogP contribution in [0.5, 0.6) is 0 Å². The van der Waals surface area contributed by atoms with E-state index < -0.39 is 0 Å². The molecule has 0 saturated carbocycles. The lowest BCUT2D eigenvalue weighted by atomic mass is 10.1. The van der Waals surface area contributed by atoms with E-state index in [0.29, 0.717) is 0 Å². The Kier molecular flexibility index (Phi) is 2.88. The number of benzene rings is 1. The van der Waals surface area contributed by atoms with Gasteiger partial charge in [0.2, 0.25) is 0 Å². The van der Waals surface area contributed by atoms with Crippen molar-refractivity contribution in [2.75, 3.05) is 0 Å². The highest BCUT2D eigenvalue weighted by Gasteiger charge is 2.08. The number of hydrogen-bond acceptors (Lipinski definition) is 2. The molecule has 0 spiro atoms. The van der Waals surface area contributed by atoms with E-state index in [1.54, 1.807) is 0 Å². The van der Waals surface area contributed by atoms with Crippen molar-refractivity contribution in [3.05, 3.63) is 64.0 Å². The number of halogens is 1. The minimum atomic E-state index is 0.791. The molecule has 18 heavy (non-hydrogen) atoms. The van der Waals surface area contributed by atoms with Gasteiger partial charge in [0, 0.05) is 12.6 Å². The molecule has 90 valence electrons. The zero-order valence-corrected chi connectivity index (χ0v) is 11.6. The van der Waals surface area contributed by atoms with Crippen molar-refractivity contribution in [1.29, 1.82) is 0 Å². The summed E-state index contributed by atoms with van der Waals surface area (Å²) >= 11 is 3.48. The van der Waals surface area contributed by atoms with Gasteiger partial charge in [0.25, 0.3) is 0 Å². The summed E-state index contributed by atoms with van der Waals surface area (Å²) in [4.78, 5) is 0. The van der Waals surface area contributed by atoms with E-state index in [9.17, 15) is 0 Å². The van der Waals surface area contributed by atoms with Crippen LogP contribution in [0.4, 0.5) is 0 Å². The number of aryl methyl sites for hydroxylation is 1. The maximum atomic E-state index is 4.26. The average molecular weight is 302 g/mol. The lowest BCUT2D eigenvalue weighted by molar-refractivity contribution is 0.933. The Balaban J connectivity index is 2.03. The Hall–Kier alpha value is -1.68. The van der Waals surface area contributed by atoms with E-state index in [2.05, 4.69) is 57.3 Å². The fourth-order valence-electron chi connectivity index (χ4n) is 2.06. The molecular formula is C14H12BrN3. The van der Waals surface area contributed by atoms with Crippen molar-refractivity contribution in [1.82, 2.24) is 14.6 Å². The molecule has 0 N–H and O–H groups in total. The molecule has 0 amide bonds. The van der Waals surface area contributed by atoms with Gasteiger partial charge in [0.05, 0.1) is 4.47 Å². The molecule has 3 rings (SSSR count). The van der Waals surface area contributed by atoms with Crippen LogP contribution in [0.1, 0.15) is 17.0 Å². The van der Waals surface area contributed by atoms with Crippen LogP contribution < -0.4 is 0 Å². The van der Waals surface area contributed by atoms with Crippen LogP contribution in [0.15, 0.2) is 47.1 Å². The first-order chi connectivity index (χ1) is 8.74. The Morgan fingerprint density at radius 2 is 2.06 bits per heavy atom. The summed E-state index contributed by atoms with van der Waals surface area (Å²) in [5.74, 6) is 0.955. The SMILES string of the molecule is Cc1cccc(Cc2nnc3c(Br)cccn23)c1. The molecule has 0 aliphatic rings. The quantitative estimate of drug-likeness (QED) is 0.726. The predicted octanol–water partition coefficient (Wildman–Crippen LogP) is 3.39. The maximum Gasteiger partial charge on any atom is 0.175 e. The van der Waals surface area contributed by atoms with Crippen molar-refractivity contribution in [3.8, 4) is 0 Å². The summed E-state index contributed by atoms with van der Waals surface area (Å²) in [5.41, 5.74) is 3.38. The molecule has 0 atom stereocenters. The van der Waals surface area contributed by atoms with Gasteiger partial charge in [-0.3, -0.25) is 4.40 Å². The zero-order chi connectivity index (χ0) is 12.5. The fourth-order valence-corrected chi connectivity index (χ4v) is 2.48. The summed E-state index contributed by atoms with van der Waals surface area (Å²) < 4.78 is 2.99. The van der Waals surface area contributed by atoms with E-state index >= 15 is 0 Å². The van der Waals surface area contributed by atoms with Crippen molar-refractivity contribution >= 4 is 21.6 Å². The Bertz CT molecular complexity index is 703. The summed E-state index contributed by atoms with van der Waals surface area (Å²) in [7, 11) is 0. The molecule has 0 aliphatic carbocycles. The number of fused-ring (bicyclic) bond motifs is 1. The van der Waals surface area contributed by atoms with Gasteiger partial charge in [-0.2, -0.15) is 0 Å². The van der Waals surface area contributed by atoms with Gasteiger partial charge in [-0.15, -0.1) is 10.2 Å². The largest absolute Gasteiger partial charge is 0.285 e. The van der Waals surface area contributed by atoms with E-state index in [1.165, 1.54) is 11.1 Å². The van der Waals surface area contributed by atoms with Crippen LogP contribution in [-0.2, 0) is 6.42 Å². The van der Waals surface area contributed by atoms with Gasteiger partial charge in [-0.25, -0.2) is 0 Å². The standard InChI is InChI=1S/C14H12BrN3/c1-10-4-2-5-11(8-10)9-13-16-17-14-12(15)6-3-7-18(13)14/h2-8H,9H2,1H3. The monoisotopic (exact) mass is 301 g/mol. The minimum absolute atomic E-state index is 0.791. The molecule has 3 aromatic rings. The number of aromatic nitrogens is 3. The van der Waals surface area contributed by atoms with Gasteiger partial charge in [0.1, 0.15) is 5.82 Å². The first kappa shape index (κ1) is 11.4. The summed E-state index contributed by atoms with van der Waals surface area (Å²) in [5, 5.41) is 8.47. The second kappa shape index (κ2) is 4.53. The van der Waals surface area contributed by atoms with Crippen LogP contribution in [0.25, 0.3) is 5.65 Å². The van der Waals surface area contributed by atoms with E-state index in [-0.39, 0.29) is 0 Å². The maximum absolute atomic E-state index is 4.26. The van der Waals surface area contributed by atoms with Gasteiger partial charge >= 0.3 is 0 Å². The molecular weight excluding hydrogens is 290 g/mol. The van der Waals surface area contributed by atoms with Crippen molar-refractivity contribution in [2.24, 2.45) is 0 Å². The molecule has 2 aromatic heterocycles. The van der Waals surface area contributed by atoms with Crippen molar-refractivity contribution < 1.29 is 0 Å². The highest BCUT2D eigenvalue weighted by Crippen LogP contribution is 2.17. The van der Waals surface area contributed by atoms with Crippen LogP contribution in [-0.4, -0.2) is 14.6 Å². The number of rotatable bonds is 2. The molecule has 0 saturated heterocycles. The summed E-state index contributed by atoms with van der Waals surface area (Å²) in [6.07, 6.45) is 2.78. The van der Waals surface area contributed by atoms with Gasteiger partial charge < -0.3 is 0 Å². The number of nitrogens with zero attached hydrogens (tertiary/aromatic N) is 3. The third-order valence-electron chi connectivity index (χ3n) is 2.90. The van der Waals surface area contributed by atoms with E-state index in [0.717, 1.165) is 22.4 Å². The van der Waals surface area contributed by atoms with Crippen molar-refractivity contribution in [2.45, 2.75) is 13.3 Å². The Labute approximate surface area is 114 Å². The highest BCUT2D eigenvalue weighted by molar-refractivity contribution is 9.10. The summed E-state index contributed by atoms with van der Waals surface area (Å²) in [6.45, 7) is 2.10. The smallest absolute Gasteiger partial charge is 0.175 e. The number of pyridine rings is 1. The van der Waals surface area contributed by atoms with Crippen LogP contribution in [0, 0.1) is 6.92 Å². The second-order valence-electron chi connectivity index (χ2n) is 4.33. The van der Waals surface area contributed by atoms with Crippen LogP contribution >= 0.6 is 15.9 Å². The lowest BCUT2D eigenvalue weighted by Gasteiger charge is -2.02. The van der Waals surface area contributed by atoms with Gasteiger partial charge in [0.15, 0.2) is 5.65 Å². The molecule has 4 heteroatoms. The average Bonchev–Trinajstić information content (AvgIpc) is 2.74. The molecule has 3 nitrogen and oxygen atoms in total. The molecule has 0 bridgehead atoms.